The van der Waals surface area contributed by atoms with E-state index in [-0.39, 0.29) is 25.7 Å². The molecule has 0 heterocycles. The first-order chi connectivity index (χ1) is 42.9. The molecule has 0 spiro atoms. The Balaban J connectivity index is 5.11. The third kappa shape index (κ3) is 63.2. The van der Waals surface area contributed by atoms with Gasteiger partial charge in [-0.25, -0.2) is 9.13 Å². The number of aliphatic hydroxyl groups excluding tert-OH is 1. The van der Waals surface area contributed by atoms with Crippen molar-refractivity contribution in [2.45, 2.75) is 374 Å². The van der Waals surface area contributed by atoms with E-state index >= 15 is 0 Å². The van der Waals surface area contributed by atoms with Gasteiger partial charge in [0, 0.05) is 25.7 Å². The van der Waals surface area contributed by atoms with Gasteiger partial charge in [0.25, 0.3) is 0 Å². The molecule has 0 fully saturated rings. The van der Waals surface area contributed by atoms with Gasteiger partial charge in [0.1, 0.15) is 19.3 Å². The average molecular weight is 1310 g/mol. The molecule has 3 unspecified atom stereocenters. The van der Waals surface area contributed by atoms with Gasteiger partial charge in [-0.05, 0) is 37.5 Å². The lowest BCUT2D eigenvalue weighted by atomic mass is 10.00. The highest BCUT2D eigenvalue weighted by Crippen LogP contribution is 2.45. The molecule has 0 aliphatic heterocycles. The molecule has 19 heteroatoms. The maximum absolute atomic E-state index is 13.0. The molecule has 17 nitrogen and oxygen atoms in total. The third-order valence-electron chi connectivity index (χ3n) is 16.6. The summed E-state index contributed by atoms with van der Waals surface area (Å²) < 4.78 is 68.0. The van der Waals surface area contributed by atoms with E-state index in [9.17, 15) is 43.2 Å². The highest BCUT2D eigenvalue weighted by molar-refractivity contribution is 7.47. The van der Waals surface area contributed by atoms with E-state index in [4.69, 9.17) is 37.0 Å². The van der Waals surface area contributed by atoms with Crippen LogP contribution >= 0.6 is 15.6 Å². The number of phosphoric ester groups is 2. The smallest absolute Gasteiger partial charge is 0.462 e. The molecule has 0 aromatic rings. The lowest BCUT2D eigenvalue weighted by Gasteiger charge is -2.21. The first-order valence-electron chi connectivity index (χ1n) is 36.5. The predicted molar refractivity (Wildman–Crippen MR) is 358 cm³/mol. The second-order valence-electron chi connectivity index (χ2n) is 26.0. The zero-order valence-corrected chi connectivity index (χ0v) is 59.5. The van der Waals surface area contributed by atoms with Crippen LogP contribution in [-0.2, 0) is 65.4 Å². The molecule has 0 aromatic carbocycles. The van der Waals surface area contributed by atoms with Crippen LogP contribution in [0.25, 0.3) is 0 Å². The molecule has 0 amide bonds. The number of carbonyl (C=O) groups excluding carboxylic acids is 4. The molecular weight excluding hydrogens is 1170 g/mol. The Morgan fingerprint density at radius 1 is 0.326 bits per heavy atom. The molecule has 3 N–H and O–H groups in total. The fraction of sp³-hybridized carbons (Fsp3) is 0.943. The van der Waals surface area contributed by atoms with E-state index in [1.54, 1.807) is 0 Å². The minimum Gasteiger partial charge on any atom is -0.462 e. The second kappa shape index (κ2) is 62.2. The normalized spacial score (nSPS) is 14.4. The van der Waals surface area contributed by atoms with Crippen LogP contribution < -0.4 is 0 Å². The Morgan fingerprint density at radius 2 is 0.573 bits per heavy atom. The van der Waals surface area contributed by atoms with Crippen molar-refractivity contribution >= 4 is 39.5 Å². The number of rotatable bonds is 69. The van der Waals surface area contributed by atoms with E-state index in [1.807, 2.05) is 0 Å². The maximum Gasteiger partial charge on any atom is 0.472 e. The van der Waals surface area contributed by atoms with Gasteiger partial charge in [-0.2, -0.15) is 0 Å². The van der Waals surface area contributed by atoms with Gasteiger partial charge < -0.3 is 33.8 Å². The summed E-state index contributed by atoms with van der Waals surface area (Å²) in [6, 6.07) is 0. The van der Waals surface area contributed by atoms with Crippen molar-refractivity contribution in [3.8, 4) is 0 Å². The first-order valence-corrected chi connectivity index (χ1v) is 39.5. The second-order valence-corrected chi connectivity index (χ2v) is 28.9. The number of hydrogen-bond donors (Lipinski definition) is 3. The fourth-order valence-corrected chi connectivity index (χ4v) is 12.1. The van der Waals surface area contributed by atoms with Crippen molar-refractivity contribution in [3.05, 3.63) is 0 Å². The Labute approximate surface area is 543 Å². The quantitative estimate of drug-likeness (QED) is 0.0222. The standard InChI is InChI=1S/C70H136O17P2/c1-7-10-12-14-15-16-17-18-19-20-21-22-23-24-25-26-27-32-35-42-48-54-69(74)86-66(59-81-68(73)53-47-41-34-31-29-28-30-33-39-44-50-62(4)5)61-85-89(78,79)83-57-64(71)56-82-88(76,77)84-60-65(58-80-67(72)52-46-38-13-11-8-2)87-70(75)55-49-43-37-36-40-45-51-63(6)9-3/h62-66,71H,7-61H2,1-6H3,(H,76,77)(H,78,79)/t63?,64-,65+,66+/m0/s1. The minimum absolute atomic E-state index is 0.102. The number of carbonyl (C=O) groups is 4. The van der Waals surface area contributed by atoms with Crippen LogP contribution in [0.4, 0.5) is 0 Å². The SMILES string of the molecule is CCCCCCCCCCCCCCCCCCCCCCCC(=O)O[C@H](COC(=O)CCCCCCCCCCCCC(C)C)COP(=O)(O)OC[C@@H](O)COP(=O)(O)OC[C@@H](COC(=O)CCCCCCC)OC(=O)CCCCCCCCC(C)CC. The number of hydrogen-bond acceptors (Lipinski definition) is 15. The maximum atomic E-state index is 13.0. The van der Waals surface area contributed by atoms with Crippen molar-refractivity contribution in [2.24, 2.45) is 11.8 Å². The third-order valence-corrected chi connectivity index (χ3v) is 18.5. The lowest BCUT2D eigenvalue weighted by molar-refractivity contribution is -0.161. The van der Waals surface area contributed by atoms with E-state index < -0.39 is 97.5 Å². The van der Waals surface area contributed by atoms with Crippen LogP contribution in [0.2, 0.25) is 0 Å². The molecule has 6 atom stereocenters. The number of ether oxygens (including phenoxy) is 4. The molecule has 0 aliphatic carbocycles. The summed E-state index contributed by atoms with van der Waals surface area (Å²) in [5.41, 5.74) is 0. The summed E-state index contributed by atoms with van der Waals surface area (Å²) in [6.45, 7) is 9.39. The topological polar surface area (TPSA) is 237 Å². The highest BCUT2D eigenvalue weighted by Gasteiger charge is 2.30. The van der Waals surface area contributed by atoms with Gasteiger partial charge in [0.05, 0.1) is 26.4 Å². The molecule has 0 saturated carbocycles. The molecule has 0 radical (unpaired) electrons. The predicted octanol–water partition coefficient (Wildman–Crippen LogP) is 20.0. The summed E-state index contributed by atoms with van der Waals surface area (Å²) in [7, 11) is -9.89. The van der Waals surface area contributed by atoms with Crippen LogP contribution in [-0.4, -0.2) is 96.7 Å². The monoisotopic (exact) mass is 1310 g/mol. The Bertz CT molecular complexity index is 1740. The van der Waals surface area contributed by atoms with Gasteiger partial charge in [-0.3, -0.25) is 37.3 Å². The van der Waals surface area contributed by atoms with Gasteiger partial charge in [-0.15, -0.1) is 0 Å². The van der Waals surface area contributed by atoms with Crippen molar-refractivity contribution in [1.82, 2.24) is 0 Å². The summed E-state index contributed by atoms with van der Waals surface area (Å²) in [6.07, 6.45) is 47.8. The molecule has 0 bridgehead atoms. The Hall–Kier alpha value is -1.94. The summed E-state index contributed by atoms with van der Waals surface area (Å²) in [4.78, 5) is 72.2. The van der Waals surface area contributed by atoms with Crippen molar-refractivity contribution in [3.63, 3.8) is 0 Å². The molecule has 0 aromatic heterocycles. The summed E-state index contributed by atoms with van der Waals surface area (Å²) in [5.74, 6) is -0.661. The minimum atomic E-state index is -4.95. The Kier molecular flexibility index (Phi) is 60.8. The number of esters is 4. The number of aliphatic hydroxyl groups is 1. The van der Waals surface area contributed by atoms with Gasteiger partial charge in [0.15, 0.2) is 12.2 Å². The van der Waals surface area contributed by atoms with E-state index in [0.29, 0.717) is 25.7 Å². The molecule has 528 valence electrons. The van der Waals surface area contributed by atoms with E-state index in [0.717, 1.165) is 108 Å². The highest BCUT2D eigenvalue weighted by atomic mass is 31.2. The van der Waals surface area contributed by atoms with E-state index in [1.165, 1.54) is 167 Å². The molecular formula is C70H136O17P2. The van der Waals surface area contributed by atoms with Crippen molar-refractivity contribution in [1.29, 1.82) is 0 Å². The molecule has 89 heavy (non-hydrogen) atoms. The van der Waals surface area contributed by atoms with E-state index in [2.05, 4.69) is 41.5 Å². The van der Waals surface area contributed by atoms with Crippen molar-refractivity contribution in [2.75, 3.05) is 39.6 Å². The molecule has 0 rings (SSSR count). The van der Waals surface area contributed by atoms with Crippen LogP contribution in [0.1, 0.15) is 356 Å². The molecule has 0 aliphatic rings. The van der Waals surface area contributed by atoms with Crippen molar-refractivity contribution < 1.29 is 80.2 Å². The zero-order valence-electron chi connectivity index (χ0n) is 57.7. The van der Waals surface area contributed by atoms with Crippen LogP contribution in [0.15, 0.2) is 0 Å². The van der Waals surface area contributed by atoms with Crippen LogP contribution in [0, 0.1) is 11.8 Å². The number of unbranched alkanes of at least 4 members (excludes halogenated alkanes) is 38. The van der Waals surface area contributed by atoms with Gasteiger partial charge in [0.2, 0.25) is 0 Å². The van der Waals surface area contributed by atoms with Crippen LogP contribution in [0.5, 0.6) is 0 Å². The first kappa shape index (κ1) is 87.1. The zero-order chi connectivity index (χ0) is 65.7. The average Bonchev–Trinajstić information content (AvgIpc) is 3.67. The largest absolute Gasteiger partial charge is 0.472 e. The lowest BCUT2D eigenvalue weighted by Crippen LogP contribution is -2.30. The van der Waals surface area contributed by atoms with Gasteiger partial charge in [-0.1, -0.05) is 305 Å². The fourth-order valence-electron chi connectivity index (χ4n) is 10.6. The summed E-state index contributed by atoms with van der Waals surface area (Å²) in [5, 5.41) is 10.5. The molecule has 0 saturated heterocycles. The number of phosphoric acid groups is 2. The van der Waals surface area contributed by atoms with Crippen LogP contribution in [0.3, 0.4) is 0 Å². The van der Waals surface area contributed by atoms with Gasteiger partial charge >= 0.3 is 39.5 Å². The Morgan fingerprint density at radius 3 is 0.854 bits per heavy atom. The summed E-state index contributed by atoms with van der Waals surface area (Å²) >= 11 is 0.